The highest BCUT2D eigenvalue weighted by atomic mass is 16.5. The van der Waals surface area contributed by atoms with Crippen LogP contribution in [-0.4, -0.2) is 17.7 Å². The molecule has 0 aliphatic carbocycles. The van der Waals surface area contributed by atoms with Crippen molar-refractivity contribution in [1.29, 1.82) is 5.26 Å². The molecule has 3 rings (SSSR count). The van der Waals surface area contributed by atoms with Gasteiger partial charge in [0, 0.05) is 30.2 Å². The fourth-order valence-corrected chi connectivity index (χ4v) is 3.60. The lowest BCUT2D eigenvalue weighted by molar-refractivity contribution is 0.340. The molecule has 0 radical (unpaired) electrons. The second kappa shape index (κ2) is 9.20. The SMILES string of the molecule is C=C(NCC)Nc1ccc(-c2c(C#N)c3ccc(OCC)cc3n2CCC)cc1. The van der Waals surface area contributed by atoms with E-state index in [-0.39, 0.29) is 0 Å². The third-order valence-corrected chi connectivity index (χ3v) is 4.75. The van der Waals surface area contributed by atoms with Gasteiger partial charge in [-0.1, -0.05) is 25.6 Å². The van der Waals surface area contributed by atoms with Gasteiger partial charge in [-0.25, -0.2) is 0 Å². The number of nitriles is 1. The zero-order valence-electron chi connectivity index (χ0n) is 17.4. The molecule has 0 aliphatic rings. The van der Waals surface area contributed by atoms with Crippen molar-refractivity contribution in [2.75, 3.05) is 18.5 Å². The number of nitrogens with one attached hydrogen (secondary N) is 2. The number of ether oxygens (including phenoxy) is 1. The minimum absolute atomic E-state index is 0.616. The third kappa shape index (κ3) is 4.22. The van der Waals surface area contributed by atoms with Gasteiger partial charge in [-0.2, -0.15) is 5.26 Å². The molecule has 0 unspecified atom stereocenters. The number of benzene rings is 2. The lowest BCUT2D eigenvalue weighted by Crippen LogP contribution is -2.17. The van der Waals surface area contributed by atoms with Gasteiger partial charge in [-0.15, -0.1) is 0 Å². The van der Waals surface area contributed by atoms with E-state index in [2.05, 4.69) is 34.8 Å². The van der Waals surface area contributed by atoms with Crippen molar-refractivity contribution < 1.29 is 4.74 Å². The molecule has 0 spiro atoms. The van der Waals surface area contributed by atoms with Gasteiger partial charge < -0.3 is 19.9 Å². The molecule has 2 N–H and O–H groups in total. The van der Waals surface area contributed by atoms with Gasteiger partial charge in [-0.05, 0) is 50.1 Å². The van der Waals surface area contributed by atoms with Crippen LogP contribution in [0.25, 0.3) is 22.2 Å². The molecule has 0 atom stereocenters. The predicted octanol–water partition coefficient (Wildman–Crippen LogP) is 5.48. The zero-order valence-corrected chi connectivity index (χ0v) is 17.4. The van der Waals surface area contributed by atoms with Crippen LogP contribution in [0.2, 0.25) is 0 Å². The van der Waals surface area contributed by atoms with E-state index in [9.17, 15) is 5.26 Å². The van der Waals surface area contributed by atoms with Crippen LogP contribution in [-0.2, 0) is 6.54 Å². The molecule has 0 amide bonds. The maximum Gasteiger partial charge on any atom is 0.121 e. The van der Waals surface area contributed by atoms with Gasteiger partial charge in [0.2, 0.25) is 0 Å². The Bertz CT molecular complexity index is 1040. The van der Waals surface area contributed by atoms with E-state index < -0.39 is 0 Å². The van der Waals surface area contributed by atoms with Crippen LogP contribution in [0.4, 0.5) is 5.69 Å². The van der Waals surface area contributed by atoms with Crippen molar-refractivity contribution in [3.8, 4) is 23.1 Å². The van der Waals surface area contributed by atoms with Crippen LogP contribution < -0.4 is 15.4 Å². The quantitative estimate of drug-likeness (QED) is 0.509. The summed E-state index contributed by atoms with van der Waals surface area (Å²) in [7, 11) is 0. The summed E-state index contributed by atoms with van der Waals surface area (Å²) in [6.07, 6.45) is 0.975. The van der Waals surface area contributed by atoms with E-state index in [0.29, 0.717) is 12.2 Å². The maximum atomic E-state index is 9.94. The van der Waals surface area contributed by atoms with Gasteiger partial charge >= 0.3 is 0 Å². The van der Waals surface area contributed by atoms with Crippen LogP contribution in [0, 0.1) is 11.3 Å². The summed E-state index contributed by atoms with van der Waals surface area (Å²) in [5.74, 6) is 1.59. The molecule has 5 nitrogen and oxygen atoms in total. The Kier molecular flexibility index (Phi) is 6.46. The number of rotatable bonds is 9. The fraction of sp³-hybridized carbons (Fsp3) is 0.292. The van der Waals surface area contributed by atoms with E-state index in [1.807, 2.05) is 56.3 Å². The topological polar surface area (TPSA) is 62.0 Å². The van der Waals surface area contributed by atoms with Crippen LogP contribution in [0.5, 0.6) is 5.75 Å². The molecular weight excluding hydrogens is 360 g/mol. The molecule has 1 aromatic heterocycles. The molecule has 150 valence electrons. The third-order valence-electron chi connectivity index (χ3n) is 4.75. The highest BCUT2D eigenvalue weighted by Gasteiger charge is 2.19. The van der Waals surface area contributed by atoms with Crippen LogP contribution in [0.15, 0.2) is 54.9 Å². The summed E-state index contributed by atoms with van der Waals surface area (Å²) in [5.41, 5.74) is 4.66. The molecule has 1 heterocycles. The average molecular weight is 389 g/mol. The normalized spacial score (nSPS) is 10.6. The second-order valence-corrected chi connectivity index (χ2v) is 6.81. The molecule has 0 aliphatic heterocycles. The number of nitrogens with zero attached hydrogens (tertiary/aromatic N) is 2. The second-order valence-electron chi connectivity index (χ2n) is 6.81. The Labute approximate surface area is 172 Å². The molecule has 0 fully saturated rings. The van der Waals surface area contributed by atoms with Crippen molar-refractivity contribution in [2.45, 2.75) is 33.7 Å². The van der Waals surface area contributed by atoms with Gasteiger partial charge in [0.05, 0.1) is 29.2 Å². The Balaban J connectivity index is 2.09. The highest BCUT2D eigenvalue weighted by molar-refractivity contribution is 5.95. The molecule has 0 saturated carbocycles. The summed E-state index contributed by atoms with van der Waals surface area (Å²) in [4.78, 5) is 0. The van der Waals surface area contributed by atoms with Crippen LogP contribution in [0.3, 0.4) is 0 Å². The summed E-state index contributed by atoms with van der Waals surface area (Å²) >= 11 is 0. The van der Waals surface area contributed by atoms with Crippen LogP contribution >= 0.6 is 0 Å². The van der Waals surface area contributed by atoms with Crippen molar-refractivity contribution in [2.24, 2.45) is 0 Å². The van der Waals surface area contributed by atoms with Crippen molar-refractivity contribution in [3.05, 3.63) is 60.4 Å². The van der Waals surface area contributed by atoms with E-state index in [0.717, 1.165) is 58.9 Å². The zero-order chi connectivity index (χ0) is 20.8. The van der Waals surface area contributed by atoms with Gasteiger partial charge in [-0.3, -0.25) is 0 Å². The lowest BCUT2D eigenvalue weighted by Gasteiger charge is -2.13. The summed E-state index contributed by atoms with van der Waals surface area (Å²) in [6.45, 7) is 12.4. The smallest absolute Gasteiger partial charge is 0.121 e. The Morgan fingerprint density at radius 1 is 1.14 bits per heavy atom. The predicted molar refractivity (Wildman–Crippen MR) is 120 cm³/mol. The fourth-order valence-electron chi connectivity index (χ4n) is 3.60. The minimum atomic E-state index is 0.616. The van der Waals surface area contributed by atoms with Crippen molar-refractivity contribution in [1.82, 2.24) is 9.88 Å². The molecule has 0 saturated heterocycles. The first-order valence-electron chi connectivity index (χ1n) is 10.1. The van der Waals surface area contributed by atoms with Gasteiger partial charge in [0.15, 0.2) is 0 Å². The van der Waals surface area contributed by atoms with Gasteiger partial charge in [0.1, 0.15) is 11.8 Å². The number of aryl methyl sites for hydroxylation is 1. The average Bonchev–Trinajstić information content (AvgIpc) is 3.02. The van der Waals surface area contributed by atoms with E-state index in [1.54, 1.807) is 0 Å². The summed E-state index contributed by atoms with van der Waals surface area (Å²) in [5, 5.41) is 17.3. The maximum absolute atomic E-state index is 9.94. The Morgan fingerprint density at radius 3 is 2.52 bits per heavy atom. The molecule has 2 aromatic carbocycles. The lowest BCUT2D eigenvalue weighted by atomic mass is 10.1. The number of anilines is 1. The molecular formula is C24H28N4O. The largest absolute Gasteiger partial charge is 0.494 e. The standard InChI is InChI=1S/C24H28N4O/c1-5-14-28-23-15-20(29-7-3)12-13-21(23)22(16-25)24(28)18-8-10-19(11-9-18)27-17(4)26-6-2/h8-13,15,26-27H,4-7,14H2,1-3H3. The Morgan fingerprint density at radius 2 is 1.90 bits per heavy atom. The van der Waals surface area contributed by atoms with E-state index in [4.69, 9.17) is 4.74 Å². The molecule has 5 heteroatoms. The first kappa shape index (κ1) is 20.3. The minimum Gasteiger partial charge on any atom is -0.494 e. The van der Waals surface area contributed by atoms with Crippen molar-refractivity contribution >= 4 is 16.6 Å². The number of fused-ring (bicyclic) bond motifs is 1. The van der Waals surface area contributed by atoms with Gasteiger partial charge in [0.25, 0.3) is 0 Å². The summed E-state index contributed by atoms with van der Waals surface area (Å²) < 4.78 is 7.92. The first-order chi connectivity index (χ1) is 14.1. The first-order valence-corrected chi connectivity index (χ1v) is 10.1. The van der Waals surface area contributed by atoms with E-state index >= 15 is 0 Å². The van der Waals surface area contributed by atoms with Crippen molar-refractivity contribution in [3.63, 3.8) is 0 Å². The molecule has 29 heavy (non-hydrogen) atoms. The summed E-state index contributed by atoms with van der Waals surface area (Å²) in [6, 6.07) is 16.5. The monoisotopic (exact) mass is 388 g/mol. The van der Waals surface area contributed by atoms with E-state index in [1.165, 1.54) is 0 Å². The Hall–Kier alpha value is -3.39. The molecule has 0 bridgehead atoms. The molecule has 3 aromatic rings. The highest BCUT2D eigenvalue weighted by Crippen LogP contribution is 2.36. The number of hydrogen-bond acceptors (Lipinski definition) is 4. The number of hydrogen-bond donors (Lipinski definition) is 2. The number of aromatic nitrogens is 1. The van der Waals surface area contributed by atoms with Crippen LogP contribution in [0.1, 0.15) is 32.8 Å².